The monoisotopic (exact) mass is 482 g/mol. The van der Waals surface area contributed by atoms with E-state index < -0.39 is 0 Å². The van der Waals surface area contributed by atoms with E-state index in [1.165, 1.54) is 0 Å². The molecule has 2 N–H and O–H groups in total. The van der Waals surface area contributed by atoms with Crippen molar-refractivity contribution < 1.29 is 9.13 Å². The van der Waals surface area contributed by atoms with Crippen molar-refractivity contribution in [1.29, 1.82) is 0 Å². The number of ether oxygens (including phenoxy) is 1. The number of aromatic nitrogens is 1. The summed E-state index contributed by atoms with van der Waals surface area (Å²) in [6.45, 7) is 6.11. The molecular weight excluding hydrogens is 455 g/mol. The summed E-state index contributed by atoms with van der Waals surface area (Å²) in [5.74, 6) is 7.32. The van der Waals surface area contributed by atoms with Crippen molar-refractivity contribution in [2.45, 2.75) is 45.4 Å². The Kier molecular flexibility index (Phi) is 7.09. The number of hydrogen-bond acceptors (Lipinski definition) is 4. The molecule has 1 aromatic heterocycles. The smallest absolute Gasteiger partial charge is 0.126 e. The topological polar surface area (TPSA) is 48.1 Å². The maximum Gasteiger partial charge on any atom is 0.126 e. The summed E-state index contributed by atoms with van der Waals surface area (Å²) in [6.07, 6.45) is 2.24. The van der Waals surface area contributed by atoms with Crippen LogP contribution in [-0.2, 0) is 0 Å². The van der Waals surface area contributed by atoms with E-state index in [-0.39, 0.29) is 24.2 Å². The summed E-state index contributed by atoms with van der Waals surface area (Å²) in [5.41, 5.74) is 10.0. The first-order valence-electron chi connectivity index (χ1n) is 11.1. The molecule has 1 fully saturated rings. The summed E-state index contributed by atoms with van der Waals surface area (Å²) in [5, 5.41) is 1.63. The van der Waals surface area contributed by atoms with Crippen LogP contribution in [0.1, 0.15) is 51.3 Å². The molecule has 0 radical (unpaired) electrons. The summed E-state index contributed by atoms with van der Waals surface area (Å²) in [4.78, 5) is 6.19. The third kappa shape index (κ3) is 4.94. The average Bonchev–Trinajstić information content (AvgIpc) is 3.55. The molecule has 172 valence electrons. The summed E-state index contributed by atoms with van der Waals surface area (Å²) < 4.78 is 19.9. The first-order valence-corrected chi connectivity index (χ1v) is 12.3. The van der Waals surface area contributed by atoms with Gasteiger partial charge in [-0.15, -0.1) is 11.3 Å². The highest BCUT2D eigenvalue weighted by Gasteiger charge is 2.40. The van der Waals surface area contributed by atoms with Gasteiger partial charge in [0.05, 0.1) is 35.3 Å². The minimum Gasteiger partial charge on any atom is -0.496 e. The predicted octanol–water partition coefficient (Wildman–Crippen LogP) is 6.78. The number of aryl methyl sites for hydroxylation is 3. The fourth-order valence-corrected chi connectivity index (χ4v) is 5.71. The molecule has 2 atom stereocenters. The Balaban J connectivity index is 1.80. The second-order valence-corrected chi connectivity index (χ2v) is 10.3. The highest BCUT2D eigenvalue weighted by atomic mass is 35.5. The number of halogens is 2. The Hall–Kier alpha value is -2.39. The van der Waals surface area contributed by atoms with Crippen LogP contribution < -0.4 is 10.5 Å². The van der Waals surface area contributed by atoms with Crippen molar-refractivity contribution >= 4 is 22.9 Å². The van der Waals surface area contributed by atoms with Crippen LogP contribution in [0.5, 0.6) is 5.75 Å². The van der Waals surface area contributed by atoms with Crippen molar-refractivity contribution in [1.82, 2.24) is 4.98 Å². The van der Waals surface area contributed by atoms with Crippen LogP contribution in [0.3, 0.4) is 0 Å². The fourth-order valence-electron chi connectivity index (χ4n) is 4.30. The zero-order valence-electron chi connectivity index (χ0n) is 19.3. The molecule has 6 heteroatoms. The van der Waals surface area contributed by atoms with Crippen molar-refractivity contribution in [2.24, 2.45) is 11.7 Å². The molecule has 3 aromatic rings. The number of methoxy groups -OCH3 is 1. The van der Waals surface area contributed by atoms with E-state index in [1.54, 1.807) is 31.4 Å². The molecule has 1 saturated carbocycles. The van der Waals surface area contributed by atoms with Crippen molar-refractivity contribution in [3.63, 3.8) is 0 Å². The lowest BCUT2D eigenvalue weighted by Gasteiger charge is -2.22. The first kappa shape index (κ1) is 23.8. The predicted molar refractivity (Wildman–Crippen MR) is 135 cm³/mol. The van der Waals surface area contributed by atoms with Crippen molar-refractivity contribution in [3.8, 4) is 28.8 Å². The van der Waals surface area contributed by atoms with Gasteiger partial charge < -0.3 is 10.5 Å². The van der Waals surface area contributed by atoms with E-state index in [9.17, 15) is 4.39 Å². The molecule has 1 aliphatic carbocycles. The number of hydrogen-bond donors (Lipinski definition) is 1. The molecule has 0 amide bonds. The van der Waals surface area contributed by atoms with E-state index in [0.717, 1.165) is 50.9 Å². The fraction of sp³-hybridized carbons (Fsp3) is 0.370. The highest BCUT2D eigenvalue weighted by molar-refractivity contribution is 7.12. The third-order valence-electron chi connectivity index (χ3n) is 6.24. The van der Waals surface area contributed by atoms with Gasteiger partial charge in [-0.25, -0.2) is 9.37 Å². The van der Waals surface area contributed by atoms with E-state index in [2.05, 4.69) is 18.8 Å². The summed E-state index contributed by atoms with van der Waals surface area (Å²) in [7, 11) is 1.64. The lowest BCUT2D eigenvalue weighted by Crippen LogP contribution is -2.13. The molecule has 0 bridgehead atoms. The first-order chi connectivity index (χ1) is 15.8. The molecular formula is C27H28ClFN2OS. The molecule has 1 unspecified atom stereocenters. The van der Waals surface area contributed by atoms with Gasteiger partial charge in [0.2, 0.25) is 0 Å². The largest absolute Gasteiger partial charge is 0.496 e. The van der Waals surface area contributed by atoms with Crippen LogP contribution in [-0.4, -0.2) is 18.6 Å². The molecule has 4 rings (SSSR count). The molecule has 0 spiro atoms. The molecule has 0 aliphatic heterocycles. The second-order valence-electron chi connectivity index (χ2n) is 8.63. The van der Waals surface area contributed by atoms with E-state index in [4.69, 9.17) is 27.1 Å². The Bertz CT molecular complexity index is 1240. The molecule has 3 nitrogen and oxygen atoms in total. The van der Waals surface area contributed by atoms with Crippen LogP contribution in [0.25, 0.3) is 11.3 Å². The van der Waals surface area contributed by atoms with E-state index in [0.29, 0.717) is 16.5 Å². The highest BCUT2D eigenvalue weighted by Crippen LogP contribution is 2.52. The number of thiazole rings is 1. The van der Waals surface area contributed by atoms with E-state index in [1.807, 2.05) is 31.2 Å². The van der Waals surface area contributed by atoms with Gasteiger partial charge in [-0.1, -0.05) is 35.6 Å². The second kappa shape index (κ2) is 9.85. The number of nitrogens with zero attached hydrogens (tertiary/aromatic N) is 1. The molecule has 2 aromatic carbocycles. The lowest BCUT2D eigenvalue weighted by atomic mass is 9.83. The summed E-state index contributed by atoms with van der Waals surface area (Å²) >= 11 is 8.30. The Labute approximate surface area is 204 Å². The maximum absolute atomic E-state index is 14.5. The SMILES string of the molecule is COc1cc(Cl)c(-c2nc(C(C3CC3)[C@H](C#CCN)c3ccc(C)c(F)c3)sc2C)cc1C. The normalized spacial score (nSPS) is 15.0. The quantitative estimate of drug-likeness (QED) is 0.394. The lowest BCUT2D eigenvalue weighted by molar-refractivity contribution is 0.412. The zero-order valence-corrected chi connectivity index (χ0v) is 20.9. The Morgan fingerprint density at radius 1 is 1.21 bits per heavy atom. The minimum absolute atomic E-state index is 0.0849. The molecule has 33 heavy (non-hydrogen) atoms. The van der Waals surface area contributed by atoms with Gasteiger partial charge in [0.1, 0.15) is 11.6 Å². The van der Waals surface area contributed by atoms with Crippen LogP contribution in [0, 0.1) is 44.3 Å². The van der Waals surface area contributed by atoms with Crippen molar-refractivity contribution in [2.75, 3.05) is 13.7 Å². The Morgan fingerprint density at radius 2 is 1.97 bits per heavy atom. The summed E-state index contributed by atoms with van der Waals surface area (Å²) in [6, 6.07) is 9.29. The van der Waals surface area contributed by atoms with Gasteiger partial charge >= 0.3 is 0 Å². The van der Waals surface area contributed by atoms with Gasteiger partial charge in [0.25, 0.3) is 0 Å². The number of benzene rings is 2. The number of nitrogens with two attached hydrogens (primary N) is 1. The maximum atomic E-state index is 14.5. The van der Waals surface area contributed by atoms with Gasteiger partial charge in [-0.3, -0.25) is 0 Å². The van der Waals surface area contributed by atoms with Gasteiger partial charge in [-0.2, -0.15) is 0 Å². The van der Waals surface area contributed by atoms with Crippen LogP contribution in [0.15, 0.2) is 30.3 Å². The van der Waals surface area contributed by atoms with Gasteiger partial charge in [0, 0.05) is 16.4 Å². The average molecular weight is 483 g/mol. The number of rotatable bonds is 6. The van der Waals surface area contributed by atoms with Crippen molar-refractivity contribution in [3.05, 3.63) is 67.7 Å². The van der Waals surface area contributed by atoms with Crippen LogP contribution in [0.2, 0.25) is 5.02 Å². The molecule has 1 aliphatic rings. The van der Waals surface area contributed by atoms with E-state index >= 15 is 0 Å². The standard InChI is InChI=1S/C27H28ClFN2OS/c1-15-7-8-19(13-23(15)29)20(6-5-11-30)25(18-9-10-18)27-31-26(17(3)33-27)21-12-16(2)24(32-4)14-22(21)28/h7-8,12-14,18,20,25H,9-11,30H2,1-4H3/t20-,25?/m1/s1. The van der Waals surface area contributed by atoms with Gasteiger partial charge in [0.15, 0.2) is 0 Å². The van der Waals surface area contributed by atoms with Gasteiger partial charge in [-0.05, 0) is 74.4 Å². The molecule has 1 heterocycles. The zero-order chi connectivity index (χ0) is 23.7. The minimum atomic E-state index is -0.210. The van der Waals surface area contributed by atoms with Crippen LogP contribution >= 0.6 is 22.9 Å². The Morgan fingerprint density at radius 3 is 2.61 bits per heavy atom. The molecule has 0 saturated heterocycles. The van der Waals surface area contributed by atoms with Crippen LogP contribution in [0.4, 0.5) is 4.39 Å². The third-order valence-corrected chi connectivity index (χ3v) is 7.63.